The molecule has 1 heterocycles. The fraction of sp³-hybridized carbons (Fsp3) is 0.520. The van der Waals surface area contributed by atoms with Gasteiger partial charge in [-0.25, -0.2) is 4.39 Å². The molecule has 2 saturated carbocycles. The van der Waals surface area contributed by atoms with E-state index in [1.165, 1.54) is 24.3 Å². The van der Waals surface area contributed by atoms with E-state index in [-0.39, 0.29) is 35.6 Å². The first-order valence-electron chi connectivity index (χ1n) is 11.4. The van der Waals surface area contributed by atoms with E-state index in [4.69, 9.17) is 4.42 Å². The van der Waals surface area contributed by atoms with Crippen LogP contribution in [0.25, 0.3) is 11.0 Å². The zero-order chi connectivity index (χ0) is 22.7. The van der Waals surface area contributed by atoms with Crippen LogP contribution in [0.4, 0.5) is 4.39 Å². The summed E-state index contributed by atoms with van der Waals surface area (Å²) >= 11 is 0. The van der Waals surface area contributed by atoms with Crippen LogP contribution < -0.4 is 5.32 Å². The van der Waals surface area contributed by atoms with E-state index in [1.54, 1.807) is 0 Å². The summed E-state index contributed by atoms with van der Waals surface area (Å²) in [5.74, 6) is -1.15. The molecule has 0 bridgehead atoms. The lowest BCUT2D eigenvalue weighted by Crippen LogP contribution is -2.41. The Kier molecular flexibility index (Phi) is 6.69. The molecule has 0 saturated heterocycles. The first kappa shape index (κ1) is 22.2. The second kappa shape index (κ2) is 9.64. The normalized spacial score (nSPS) is 20.5. The largest absolute Gasteiger partial charge is 0.453 e. The van der Waals surface area contributed by atoms with Crippen LogP contribution in [-0.4, -0.2) is 23.5 Å². The molecule has 2 fully saturated rings. The predicted octanol–water partition coefficient (Wildman–Crippen LogP) is 4.72. The highest BCUT2D eigenvalue weighted by atomic mass is 19.1. The van der Waals surface area contributed by atoms with Crippen LogP contribution in [0.3, 0.4) is 0 Å². The van der Waals surface area contributed by atoms with Gasteiger partial charge in [0.1, 0.15) is 23.2 Å². The lowest BCUT2D eigenvalue weighted by atomic mass is 9.83. The maximum Gasteiger partial charge on any atom is 0.224 e. The van der Waals surface area contributed by atoms with Crippen LogP contribution >= 0.6 is 0 Å². The van der Waals surface area contributed by atoms with E-state index < -0.39 is 17.8 Å². The van der Waals surface area contributed by atoms with Gasteiger partial charge in [0, 0.05) is 30.1 Å². The van der Waals surface area contributed by atoms with Crippen molar-refractivity contribution in [3.8, 4) is 6.07 Å². The first-order valence-corrected chi connectivity index (χ1v) is 11.4. The number of rotatable bonds is 9. The van der Waals surface area contributed by atoms with Crippen molar-refractivity contribution in [1.29, 1.82) is 5.26 Å². The van der Waals surface area contributed by atoms with Crippen molar-refractivity contribution < 1.29 is 23.2 Å². The van der Waals surface area contributed by atoms with Gasteiger partial charge in [0.05, 0.1) is 6.07 Å². The lowest BCUT2D eigenvalue weighted by Gasteiger charge is -2.24. The molecule has 32 heavy (non-hydrogen) atoms. The van der Waals surface area contributed by atoms with Gasteiger partial charge in [0.15, 0.2) is 11.5 Å². The maximum absolute atomic E-state index is 13.4. The molecule has 4 rings (SSSR count). The number of carbonyl (C=O) groups is 3. The van der Waals surface area contributed by atoms with Gasteiger partial charge in [-0.3, -0.25) is 14.4 Å². The van der Waals surface area contributed by atoms with Crippen molar-refractivity contribution in [3.63, 3.8) is 0 Å². The Morgan fingerprint density at radius 1 is 1.19 bits per heavy atom. The number of halogens is 1. The SMILES string of the molecule is N#C[C@H](C[C@@H]1CCCCC1=O)NC(=O)[C@@H](CC(=O)c1cc2cc(F)ccc2o1)CC1CC1. The molecule has 2 aliphatic rings. The van der Waals surface area contributed by atoms with Crippen LogP contribution in [0.15, 0.2) is 28.7 Å². The van der Waals surface area contributed by atoms with E-state index in [2.05, 4.69) is 11.4 Å². The summed E-state index contributed by atoms with van der Waals surface area (Å²) in [5.41, 5.74) is 0.416. The van der Waals surface area contributed by atoms with E-state index in [0.717, 1.165) is 32.1 Å². The number of benzene rings is 1. The van der Waals surface area contributed by atoms with Crippen molar-refractivity contribution >= 4 is 28.4 Å². The van der Waals surface area contributed by atoms with Crippen molar-refractivity contribution in [2.45, 2.75) is 63.8 Å². The standard InChI is InChI=1S/C25H27FN2O4/c26-19-7-8-23-17(10-19)13-24(32-23)22(30)12-18(9-15-5-6-15)25(31)28-20(14-27)11-16-3-1-2-4-21(16)29/h7-8,10,13,15-16,18,20H,1-6,9,11-12H2,(H,28,31)/t16-,18+,20-/m0/s1. The van der Waals surface area contributed by atoms with E-state index >= 15 is 0 Å². The number of Topliss-reactive ketones (excluding diaryl/α,β-unsaturated/α-hetero) is 2. The van der Waals surface area contributed by atoms with Crippen molar-refractivity contribution in [2.75, 3.05) is 0 Å². The number of ketones is 2. The van der Waals surface area contributed by atoms with Crippen LogP contribution in [-0.2, 0) is 9.59 Å². The minimum Gasteiger partial charge on any atom is -0.453 e. The highest BCUT2D eigenvalue weighted by Crippen LogP contribution is 2.37. The van der Waals surface area contributed by atoms with Crippen LogP contribution in [0.5, 0.6) is 0 Å². The fourth-order valence-corrected chi connectivity index (χ4v) is 4.54. The van der Waals surface area contributed by atoms with Crippen LogP contribution in [0.1, 0.15) is 68.3 Å². The summed E-state index contributed by atoms with van der Waals surface area (Å²) in [4.78, 5) is 38.0. The Morgan fingerprint density at radius 2 is 2.00 bits per heavy atom. The summed E-state index contributed by atoms with van der Waals surface area (Å²) in [6, 6.07) is 6.90. The Bertz CT molecular complexity index is 1070. The molecule has 2 aliphatic carbocycles. The third-order valence-corrected chi connectivity index (χ3v) is 6.54. The number of hydrogen-bond donors (Lipinski definition) is 1. The van der Waals surface area contributed by atoms with Gasteiger partial charge in [0.2, 0.25) is 5.91 Å². The minimum absolute atomic E-state index is 0.0366. The van der Waals surface area contributed by atoms with Gasteiger partial charge in [-0.2, -0.15) is 5.26 Å². The smallest absolute Gasteiger partial charge is 0.224 e. The number of fused-ring (bicyclic) bond motifs is 1. The highest BCUT2D eigenvalue weighted by Gasteiger charge is 2.33. The van der Waals surface area contributed by atoms with Gasteiger partial charge < -0.3 is 9.73 Å². The Morgan fingerprint density at radius 3 is 2.72 bits per heavy atom. The second-order valence-electron chi connectivity index (χ2n) is 9.13. The van der Waals surface area contributed by atoms with Crippen molar-refractivity contribution in [3.05, 3.63) is 35.8 Å². The van der Waals surface area contributed by atoms with E-state index in [9.17, 15) is 24.0 Å². The summed E-state index contributed by atoms with van der Waals surface area (Å²) in [5, 5.41) is 12.8. The molecule has 3 atom stereocenters. The predicted molar refractivity (Wildman–Crippen MR) is 115 cm³/mol. The number of hydrogen-bond acceptors (Lipinski definition) is 5. The van der Waals surface area contributed by atoms with Crippen molar-refractivity contribution in [1.82, 2.24) is 5.32 Å². The monoisotopic (exact) mass is 438 g/mol. The van der Waals surface area contributed by atoms with Crippen LogP contribution in [0, 0.1) is 34.9 Å². The molecule has 0 unspecified atom stereocenters. The van der Waals surface area contributed by atoms with Crippen molar-refractivity contribution in [2.24, 2.45) is 17.8 Å². The second-order valence-corrected chi connectivity index (χ2v) is 9.13. The average molecular weight is 438 g/mol. The maximum atomic E-state index is 13.4. The van der Waals surface area contributed by atoms with E-state index in [0.29, 0.717) is 36.1 Å². The summed E-state index contributed by atoms with van der Waals surface area (Å²) in [7, 11) is 0. The van der Waals surface area contributed by atoms with Gasteiger partial charge in [-0.1, -0.05) is 19.3 Å². The summed E-state index contributed by atoms with van der Waals surface area (Å²) < 4.78 is 19.0. The molecular weight excluding hydrogens is 411 g/mol. The molecule has 6 nitrogen and oxygen atoms in total. The molecule has 2 aromatic rings. The molecule has 1 aromatic heterocycles. The molecule has 0 aliphatic heterocycles. The number of furan rings is 1. The topological polar surface area (TPSA) is 100 Å². The van der Waals surface area contributed by atoms with Gasteiger partial charge in [-0.15, -0.1) is 0 Å². The fourth-order valence-electron chi connectivity index (χ4n) is 4.54. The number of nitrogens with zero attached hydrogens (tertiary/aromatic N) is 1. The van der Waals surface area contributed by atoms with E-state index in [1.807, 2.05) is 0 Å². The van der Waals surface area contributed by atoms with Gasteiger partial charge in [-0.05, 0) is 55.9 Å². The van der Waals surface area contributed by atoms with Gasteiger partial charge >= 0.3 is 0 Å². The number of amides is 1. The highest BCUT2D eigenvalue weighted by molar-refractivity contribution is 5.99. The molecular formula is C25H27FN2O4. The quantitative estimate of drug-likeness (QED) is 0.571. The molecule has 1 aromatic carbocycles. The average Bonchev–Trinajstić information content (AvgIpc) is 3.49. The zero-order valence-corrected chi connectivity index (χ0v) is 17.9. The Balaban J connectivity index is 1.42. The third-order valence-electron chi connectivity index (χ3n) is 6.54. The lowest BCUT2D eigenvalue weighted by molar-refractivity contribution is -0.127. The summed E-state index contributed by atoms with van der Waals surface area (Å²) in [6.45, 7) is 0. The Hall–Kier alpha value is -3.01. The molecule has 168 valence electrons. The van der Waals surface area contributed by atoms with Crippen LogP contribution in [0.2, 0.25) is 0 Å². The molecule has 7 heteroatoms. The molecule has 0 spiro atoms. The number of carbonyl (C=O) groups excluding carboxylic acids is 3. The molecule has 1 N–H and O–H groups in total. The minimum atomic E-state index is -0.750. The number of nitriles is 1. The third kappa shape index (κ3) is 5.42. The first-order chi connectivity index (χ1) is 15.4. The Labute approximate surface area is 186 Å². The van der Waals surface area contributed by atoms with Gasteiger partial charge in [0.25, 0.3) is 0 Å². The molecule has 0 radical (unpaired) electrons. The number of nitrogens with one attached hydrogen (secondary N) is 1. The molecule has 1 amide bonds. The zero-order valence-electron chi connectivity index (χ0n) is 17.9. The summed E-state index contributed by atoms with van der Waals surface area (Å²) in [6.07, 6.45) is 6.06.